The third kappa shape index (κ3) is 3.11. The van der Waals surface area contributed by atoms with E-state index in [2.05, 4.69) is 10.6 Å². The van der Waals surface area contributed by atoms with Crippen molar-refractivity contribution in [2.24, 2.45) is 0 Å². The minimum Gasteiger partial charge on any atom is -0.508 e. The predicted octanol–water partition coefficient (Wildman–Crippen LogP) is 1.41. The molecule has 1 aromatic rings. The molecule has 1 amide bonds. The van der Waals surface area contributed by atoms with Crippen LogP contribution in [0.5, 0.6) is 5.75 Å². The number of piperidine rings is 1. The van der Waals surface area contributed by atoms with Gasteiger partial charge in [0, 0.05) is 23.7 Å². The maximum atomic E-state index is 11.5. The number of amides is 1. The van der Waals surface area contributed by atoms with E-state index in [1.165, 1.54) is 0 Å². The molecule has 1 fully saturated rings. The van der Waals surface area contributed by atoms with Crippen molar-refractivity contribution in [3.8, 4) is 5.75 Å². The van der Waals surface area contributed by atoms with Gasteiger partial charge in [0.25, 0.3) is 0 Å². The SMILES string of the molecule is O=C1NCCCC1NCc1cc(Cl)ccc1O. The number of hydrogen-bond acceptors (Lipinski definition) is 3. The smallest absolute Gasteiger partial charge is 0.237 e. The van der Waals surface area contributed by atoms with Crippen molar-refractivity contribution in [2.45, 2.75) is 25.4 Å². The highest BCUT2D eigenvalue weighted by atomic mass is 35.5. The van der Waals surface area contributed by atoms with Crippen LogP contribution >= 0.6 is 11.6 Å². The van der Waals surface area contributed by atoms with Gasteiger partial charge in [0.1, 0.15) is 5.75 Å². The standard InChI is InChI=1S/C12H15ClN2O2/c13-9-3-4-11(16)8(6-9)7-15-10-2-1-5-14-12(10)17/h3-4,6,10,15-16H,1-2,5,7H2,(H,14,17). The van der Waals surface area contributed by atoms with Crippen LogP contribution in [0.4, 0.5) is 0 Å². The number of halogens is 1. The highest BCUT2D eigenvalue weighted by Crippen LogP contribution is 2.21. The van der Waals surface area contributed by atoms with E-state index in [1.54, 1.807) is 18.2 Å². The first-order valence-corrected chi connectivity index (χ1v) is 6.03. The summed E-state index contributed by atoms with van der Waals surface area (Å²) in [6, 6.07) is 4.71. The third-order valence-corrected chi connectivity index (χ3v) is 3.10. The molecule has 1 aromatic carbocycles. The number of rotatable bonds is 3. The van der Waals surface area contributed by atoms with E-state index in [0.29, 0.717) is 17.1 Å². The molecule has 3 N–H and O–H groups in total. The van der Waals surface area contributed by atoms with Crippen LogP contribution in [-0.4, -0.2) is 23.6 Å². The lowest BCUT2D eigenvalue weighted by atomic mass is 10.1. The highest BCUT2D eigenvalue weighted by molar-refractivity contribution is 6.30. The number of aromatic hydroxyl groups is 1. The Labute approximate surface area is 105 Å². The molecule has 17 heavy (non-hydrogen) atoms. The summed E-state index contributed by atoms with van der Waals surface area (Å²) in [5.41, 5.74) is 0.705. The zero-order valence-electron chi connectivity index (χ0n) is 9.37. The van der Waals surface area contributed by atoms with Gasteiger partial charge >= 0.3 is 0 Å². The summed E-state index contributed by atoms with van der Waals surface area (Å²) in [7, 11) is 0. The topological polar surface area (TPSA) is 61.4 Å². The van der Waals surface area contributed by atoms with E-state index in [-0.39, 0.29) is 17.7 Å². The normalized spacial score (nSPS) is 20.1. The molecule has 2 rings (SSSR count). The van der Waals surface area contributed by atoms with Gasteiger partial charge in [-0.1, -0.05) is 11.6 Å². The Morgan fingerprint density at radius 1 is 1.53 bits per heavy atom. The number of carbonyl (C=O) groups is 1. The molecule has 1 aliphatic heterocycles. The quantitative estimate of drug-likeness (QED) is 0.765. The van der Waals surface area contributed by atoms with E-state index >= 15 is 0 Å². The maximum absolute atomic E-state index is 11.5. The molecule has 0 bridgehead atoms. The second kappa shape index (κ2) is 5.38. The van der Waals surface area contributed by atoms with Crippen molar-refractivity contribution in [1.29, 1.82) is 0 Å². The van der Waals surface area contributed by atoms with Gasteiger partial charge in [-0.05, 0) is 31.0 Å². The minimum atomic E-state index is -0.179. The Balaban J connectivity index is 1.97. The lowest BCUT2D eigenvalue weighted by Crippen LogP contribution is -2.47. The Morgan fingerprint density at radius 3 is 3.12 bits per heavy atom. The first-order chi connectivity index (χ1) is 8.16. The summed E-state index contributed by atoms with van der Waals surface area (Å²) >= 11 is 5.85. The number of phenols is 1. The molecule has 4 nitrogen and oxygen atoms in total. The van der Waals surface area contributed by atoms with Crippen LogP contribution in [0.3, 0.4) is 0 Å². The summed E-state index contributed by atoms with van der Waals surface area (Å²) < 4.78 is 0. The van der Waals surface area contributed by atoms with Crippen molar-refractivity contribution in [1.82, 2.24) is 10.6 Å². The Bertz CT molecular complexity index is 423. The molecule has 1 aliphatic rings. The summed E-state index contributed by atoms with van der Waals surface area (Å²) in [5, 5.41) is 16.1. The van der Waals surface area contributed by atoms with E-state index in [9.17, 15) is 9.90 Å². The summed E-state index contributed by atoms with van der Waals surface area (Å²) in [6.07, 6.45) is 1.80. The van der Waals surface area contributed by atoms with Crippen molar-refractivity contribution in [2.75, 3.05) is 6.54 Å². The van der Waals surface area contributed by atoms with Gasteiger partial charge < -0.3 is 15.7 Å². The zero-order chi connectivity index (χ0) is 12.3. The summed E-state index contributed by atoms with van der Waals surface area (Å²) in [6.45, 7) is 1.18. The van der Waals surface area contributed by atoms with Crippen molar-refractivity contribution >= 4 is 17.5 Å². The van der Waals surface area contributed by atoms with E-state index < -0.39 is 0 Å². The Hall–Kier alpha value is -1.26. The number of nitrogens with one attached hydrogen (secondary N) is 2. The van der Waals surface area contributed by atoms with Crippen LogP contribution in [0.1, 0.15) is 18.4 Å². The zero-order valence-corrected chi connectivity index (χ0v) is 10.1. The Morgan fingerprint density at radius 2 is 2.35 bits per heavy atom. The monoisotopic (exact) mass is 254 g/mol. The molecule has 1 atom stereocenters. The van der Waals surface area contributed by atoms with Gasteiger partial charge in [-0.15, -0.1) is 0 Å². The first kappa shape index (κ1) is 12.2. The van der Waals surface area contributed by atoms with Crippen molar-refractivity contribution in [3.05, 3.63) is 28.8 Å². The molecule has 0 saturated carbocycles. The molecule has 0 spiro atoms. The fourth-order valence-corrected chi connectivity index (χ4v) is 2.09. The largest absolute Gasteiger partial charge is 0.508 e. The summed E-state index contributed by atoms with van der Waals surface area (Å²) in [5.74, 6) is 0.218. The minimum absolute atomic E-state index is 0.0257. The molecule has 0 aliphatic carbocycles. The van der Waals surface area contributed by atoms with Crippen LogP contribution in [0.2, 0.25) is 5.02 Å². The lowest BCUT2D eigenvalue weighted by molar-refractivity contribution is -0.124. The van der Waals surface area contributed by atoms with Crippen LogP contribution < -0.4 is 10.6 Å². The maximum Gasteiger partial charge on any atom is 0.237 e. The highest BCUT2D eigenvalue weighted by Gasteiger charge is 2.21. The van der Waals surface area contributed by atoms with E-state index in [1.807, 2.05) is 0 Å². The van der Waals surface area contributed by atoms with Gasteiger partial charge in [0.15, 0.2) is 0 Å². The average molecular weight is 255 g/mol. The number of benzene rings is 1. The van der Waals surface area contributed by atoms with E-state index in [0.717, 1.165) is 19.4 Å². The molecule has 0 radical (unpaired) electrons. The average Bonchev–Trinajstić information content (AvgIpc) is 2.32. The van der Waals surface area contributed by atoms with Gasteiger partial charge in [-0.3, -0.25) is 4.79 Å². The Kier molecular flexibility index (Phi) is 3.86. The second-order valence-electron chi connectivity index (χ2n) is 4.14. The molecular formula is C12H15ClN2O2. The van der Waals surface area contributed by atoms with Gasteiger partial charge in [-0.2, -0.15) is 0 Å². The lowest BCUT2D eigenvalue weighted by Gasteiger charge is -2.23. The molecule has 5 heteroatoms. The molecule has 0 aromatic heterocycles. The van der Waals surface area contributed by atoms with Crippen LogP contribution in [0.25, 0.3) is 0 Å². The van der Waals surface area contributed by atoms with Crippen molar-refractivity contribution < 1.29 is 9.90 Å². The van der Waals surface area contributed by atoms with E-state index in [4.69, 9.17) is 11.6 Å². The fourth-order valence-electron chi connectivity index (χ4n) is 1.90. The summed E-state index contributed by atoms with van der Waals surface area (Å²) in [4.78, 5) is 11.5. The number of phenolic OH excluding ortho intramolecular Hbond substituents is 1. The molecule has 1 heterocycles. The van der Waals surface area contributed by atoms with Crippen molar-refractivity contribution in [3.63, 3.8) is 0 Å². The fraction of sp³-hybridized carbons (Fsp3) is 0.417. The molecular weight excluding hydrogens is 240 g/mol. The number of carbonyl (C=O) groups excluding carboxylic acids is 1. The first-order valence-electron chi connectivity index (χ1n) is 5.65. The molecule has 92 valence electrons. The van der Waals surface area contributed by atoms with Gasteiger partial charge in [0.05, 0.1) is 6.04 Å². The third-order valence-electron chi connectivity index (χ3n) is 2.87. The predicted molar refractivity (Wildman–Crippen MR) is 66.0 cm³/mol. The molecule has 1 unspecified atom stereocenters. The molecule has 1 saturated heterocycles. The van der Waals surface area contributed by atoms with Crippen LogP contribution in [-0.2, 0) is 11.3 Å². The van der Waals surface area contributed by atoms with Gasteiger partial charge in [-0.25, -0.2) is 0 Å². The van der Waals surface area contributed by atoms with Crippen LogP contribution in [0.15, 0.2) is 18.2 Å². The van der Waals surface area contributed by atoms with Gasteiger partial charge in [0.2, 0.25) is 5.91 Å². The van der Waals surface area contributed by atoms with Crippen LogP contribution in [0, 0.1) is 0 Å². The second-order valence-corrected chi connectivity index (χ2v) is 4.58. The number of hydrogen-bond donors (Lipinski definition) is 3.